The van der Waals surface area contributed by atoms with Gasteiger partial charge in [0, 0.05) is 0 Å². The molecule has 0 amide bonds. The molecule has 0 atom stereocenters. The number of nitrogens with zero attached hydrogens (tertiary/aromatic N) is 3. The van der Waals surface area contributed by atoms with Gasteiger partial charge in [0.1, 0.15) is 0 Å². The van der Waals surface area contributed by atoms with Crippen molar-refractivity contribution < 1.29 is 22.6 Å². The number of benzene rings is 1. The molecule has 0 saturated carbocycles. The fraction of sp³-hybridized carbons (Fsp3) is 0.312. The third-order valence-corrected chi connectivity index (χ3v) is 4.82. The molecule has 1 saturated heterocycles. The monoisotopic (exact) mass is 399 g/mol. The normalized spacial score (nSPS) is 15.8. The van der Waals surface area contributed by atoms with E-state index in [1.807, 2.05) is 6.07 Å². The number of alkyl halides is 3. The molecular weight excluding hydrogens is 387 g/mol. The van der Waals surface area contributed by atoms with E-state index in [1.54, 1.807) is 6.26 Å². The first kappa shape index (κ1) is 18.7. The van der Waals surface area contributed by atoms with Crippen LogP contribution in [0.1, 0.15) is 17.0 Å². The Bertz CT molecular complexity index is 868. The van der Waals surface area contributed by atoms with E-state index >= 15 is 0 Å². The molecule has 1 aliphatic rings. The van der Waals surface area contributed by atoms with Crippen molar-refractivity contribution in [2.75, 3.05) is 19.5 Å². The van der Waals surface area contributed by atoms with Crippen molar-refractivity contribution in [3.05, 3.63) is 47.3 Å². The second-order valence-corrected chi connectivity index (χ2v) is 6.93. The van der Waals surface area contributed by atoms with Crippen LogP contribution in [0.3, 0.4) is 0 Å². The first-order valence-corrected chi connectivity index (χ1v) is 8.95. The highest BCUT2D eigenvalue weighted by Crippen LogP contribution is 2.39. The zero-order valence-electron chi connectivity index (χ0n) is 13.4. The molecule has 136 valence electrons. The molecule has 0 spiro atoms. The molecular formula is C16H12F3N3O2S2. The van der Waals surface area contributed by atoms with E-state index in [0.717, 1.165) is 10.7 Å². The van der Waals surface area contributed by atoms with Gasteiger partial charge in [0.05, 0.1) is 36.2 Å². The van der Waals surface area contributed by atoms with E-state index in [-0.39, 0.29) is 23.3 Å². The molecule has 10 heteroatoms. The number of halogens is 3. The van der Waals surface area contributed by atoms with Crippen LogP contribution in [0.15, 0.2) is 30.3 Å². The summed E-state index contributed by atoms with van der Waals surface area (Å²) in [6, 6.07) is 8.97. The van der Waals surface area contributed by atoms with Crippen molar-refractivity contribution in [2.24, 2.45) is 0 Å². The predicted molar refractivity (Wildman–Crippen MR) is 93.0 cm³/mol. The highest BCUT2D eigenvalue weighted by atomic mass is 32.2. The minimum absolute atomic E-state index is 0.0625. The molecule has 1 aliphatic heterocycles. The van der Waals surface area contributed by atoms with Crippen molar-refractivity contribution in [1.82, 2.24) is 9.78 Å². The number of rotatable bonds is 3. The maximum absolute atomic E-state index is 13.2. The smallest absolute Gasteiger partial charge is 0.435 e. The lowest BCUT2D eigenvalue weighted by Gasteiger charge is -2.41. The van der Waals surface area contributed by atoms with Gasteiger partial charge in [-0.1, -0.05) is 11.8 Å². The average Bonchev–Trinajstić information content (AvgIpc) is 3.03. The third kappa shape index (κ3) is 3.42. The second kappa shape index (κ2) is 6.90. The van der Waals surface area contributed by atoms with Crippen LogP contribution in [0.4, 0.5) is 13.2 Å². The summed E-state index contributed by atoms with van der Waals surface area (Å²) in [6.07, 6.45) is -2.90. The Morgan fingerprint density at radius 3 is 2.50 bits per heavy atom. The summed E-state index contributed by atoms with van der Waals surface area (Å²) in [6.45, 7) is 0.125. The van der Waals surface area contributed by atoms with Crippen LogP contribution in [0.2, 0.25) is 0 Å². The average molecular weight is 399 g/mol. The molecule has 0 N–H and O–H groups in total. The van der Waals surface area contributed by atoms with Crippen molar-refractivity contribution in [2.45, 2.75) is 11.8 Å². The minimum Gasteiger partial charge on any atom is -0.460 e. The van der Waals surface area contributed by atoms with E-state index < -0.39 is 17.5 Å². The quantitative estimate of drug-likeness (QED) is 0.735. The van der Waals surface area contributed by atoms with Gasteiger partial charge in [-0.15, -0.1) is 0 Å². The molecule has 2 aromatic rings. The predicted octanol–water partition coefficient (Wildman–Crippen LogP) is 3.65. The van der Waals surface area contributed by atoms with Crippen LogP contribution >= 0.6 is 24.0 Å². The van der Waals surface area contributed by atoms with Gasteiger partial charge in [-0.3, -0.25) is 0 Å². The van der Waals surface area contributed by atoms with Crippen molar-refractivity contribution in [3.63, 3.8) is 0 Å². The van der Waals surface area contributed by atoms with Gasteiger partial charge in [0.2, 0.25) is 4.38 Å². The molecule has 1 aromatic carbocycles. The van der Waals surface area contributed by atoms with Gasteiger partial charge in [-0.2, -0.15) is 23.5 Å². The Hall–Kier alpha value is -2.09. The van der Waals surface area contributed by atoms with Crippen molar-refractivity contribution >= 4 is 28.4 Å². The lowest BCUT2D eigenvalue weighted by molar-refractivity contribution is -0.175. The number of nitriles is 1. The summed E-state index contributed by atoms with van der Waals surface area (Å²) < 4.78 is 52.0. The summed E-state index contributed by atoms with van der Waals surface area (Å²) in [5.41, 5.74) is -1.22. The van der Waals surface area contributed by atoms with Gasteiger partial charge < -0.3 is 9.47 Å². The maximum atomic E-state index is 13.2. The third-order valence-electron chi connectivity index (χ3n) is 3.82. The van der Waals surface area contributed by atoms with Crippen molar-refractivity contribution in [3.8, 4) is 11.8 Å². The van der Waals surface area contributed by atoms with Crippen molar-refractivity contribution in [1.29, 1.82) is 5.26 Å². The van der Waals surface area contributed by atoms with E-state index in [9.17, 15) is 13.2 Å². The zero-order chi connectivity index (χ0) is 18.9. The number of thiocarbonyl (C=S) groups is 1. The zero-order valence-corrected chi connectivity index (χ0v) is 15.0. The van der Waals surface area contributed by atoms with E-state index in [1.165, 1.54) is 36.0 Å². The fourth-order valence-electron chi connectivity index (χ4n) is 2.47. The SMILES string of the molecule is CSC(=S)OC1(c2cc(C(F)(F)F)nn2-c2ccc(C#N)cc2)COC1. The van der Waals surface area contributed by atoms with Gasteiger partial charge in [-0.05, 0) is 48.8 Å². The standard InChI is InChI=1S/C16H12F3N3O2S2/c1-26-14(25)24-15(8-23-9-15)13-6-12(16(17,18)19)21-22(13)11-4-2-10(7-20)3-5-11/h2-6H,8-9H2,1H3. The molecule has 5 nitrogen and oxygen atoms in total. The Kier molecular flexibility index (Phi) is 4.96. The molecule has 0 radical (unpaired) electrons. The molecule has 0 unspecified atom stereocenters. The molecule has 0 aliphatic carbocycles. The van der Waals surface area contributed by atoms with Crippen LogP contribution in [0.5, 0.6) is 0 Å². The van der Waals surface area contributed by atoms with Crippen LogP contribution in [0.25, 0.3) is 5.69 Å². The number of thioether (sulfide) groups is 1. The molecule has 26 heavy (non-hydrogen) atoms. The Morgan fingerprint density at radius 2 is 2.04 bits per heavy atom. The first-order valence-electron chi connectivity index (χ1n) is 7.32. The fourth-order valence-corrected chi connectivity index (χ4v) is 2.87. The van der Waals surface area contributed by atoms with Gasteiger partial charge >= 0.3 is 6.18 Å². The molecule has 1 fully saturated rings. The Balaban J connectivity index is 2.12. The second-order valence-electron chi connectivity index (χ2n) is 5.53. The topological polar surface area (TPSA) is 60.1 Å². The highest BCUT2D eigenvalue weighted by molar-refractivity contribution is 8.22. The van der Waals surface area contributed by atoms with Gasteiger partial charge in [0.25, 0.3) is 0 Å². The van der Waals surface area contributed by atoms with E-state index in [0.29, 0.717) is 11.3 Å². The number of aromatic nitrogens is 2. The number of hydrogen-bond acceptors (Lipinski definition) is 6. The Morgan fingerprint density at radius 1 is 1.38 bits per heavy atom. The lowest BCUT2D eigenvalue weighted by atomic mass is 9.96. The van der Waals surface area contributed by atoms with E-state index in [4.69, 9.17) is 27.0 Å². The number of ether oxygens (including phenoxy) is 2. The summed E-state index contributed by atoms with van der Waals surface area (Å²) >= 11 is 6.25. The van der Waals surface area contributed by atoms with E-state index in [2.05, 4.69) is 5.10 Å². The van der Waals surface area contributed by atoms with Gasteiger partial charge in [-0.25, -0.2) is 4.68 Å². The summed E-state index contributed by atoms with van der Waals surface area (Å²) in [7, 11) is 0. The molecule has 0 bridgehead atoms. The van der Waals surface area contributed by atoms with Crippen LogP contribution in [-0.2, 0) is 21.3 Å². The van der Waals surface area contributed by atoms with Gasteiger partial charge in [0.15, 0.2) is 11.3 Å². The maximum Gasteiger partial charge on any atom is 0.435 e. The molecule has 2 heterocycles. The first-order chi connectivity index (χ1) is 12.3. The molecule has 1 aromatic heterocycles. The summed E-state index contributed by atoms with van der Waals surface area (Å²) in [5.74, 6) is 0. The molecule has 3 rings (SSSR count). The summed E-state index contributed by atoms with van der Waals surface area (Å²) in [5, 5.41) is 12.6. The lowest BCUT2D eigenvalue weighted by Crippen LogP contribution is -2.51. The highest BCUT2D eigenvalue weighted by Gasteiger charge is 2.49. The minimum atomic E-state index is -4.61. The summed E-state index contributed by atoms with van der Waals surface area (Å²) in [4.78, 5) is 0. The Labute approximate surface area is 156 Å². The van der Waals surface area contributed by atoms with Crippen LogP contribution < -0.4 is 0 Å². The largest absolute Gasteiger partial charge is 0.460 e. The van der Waals surface area contributed by atoms with Crippen LogP contribution in [-0.4, -0.2) is 33.6 Å². The number of hydrogen-bond donors (Lipinski definition) is 0. The van der Waals surface area contributed by atoms with Crippen LogP contribution in [0, 0.1) is 11.3 Å².